The highest BCUT2D eigenvalue weighted by molar-refractivity contribution is 5.92. The van der Waals surface area contributed by atoms with E-state index in [0.29, 0.717) is 5.69 Å². The predicted octanol–water partition coefficient (Wildman–Crippen LogP) is 1.06. The van der Waals surface area contributed by atoms with Crippen molar-refractivity contribution in [1.29, 1.82) is 5.41 Å². The first kappa shape index (κ1) is 9.64. The molecule has 3 N–H and O–H groups in total. The molecular weight excluding hydrogens is 164 g/mol. The Morgan fingerprint density at radius 2 is 2.00 bits per heavy atom. The van der Waals surface area contributed by atoms with Gasteiger partial charge in [0.25, 0.3) is 0 Å². The van der Waals surface area contributed by atoms with Gasteiger partial charge in [-0.05, 0) is 6.07 Å². The van der Waals surface area contributed by atoms with Gasteiger partial charge in [-0.1, -0.05) is 20.8 Å². The summed E-state index contributed by atoms with van der Waals surface area (Å²) in [5.41, 5.74) is 6.67. The highest BCUT2D eigenvalue weighted by Gasteiger charge is 2.16. The van der Waals surface area contributed by atoms with Crippen LogP contribution < -0.4 is 5.73 Å². The zero-order valence-corrected chi connectivity index (χ0v) is 8.13. The Morgan fingerprint density at radius 3 is 2.46 bits per heavy atom. The maximum atomic E-state index is 7.22. The molecule has 1 aromatic heterocycles. The molecule has 4 nitrogen and oxygen atoms in total. The summed E-state index contributed by atoms with van der Waals surface area (Å²) in [4.78, 5) is 8.02. The van der Waals surface area contributed by atoms with Crippen LogP contribution in [0, 0.1) is 5.41 Å². The van der Waals surface area contributed by atoms with E-state index < -0.39 is 0 Å². The summed E-state index contributed by atoms with van der Waals surface area (Å²) in [6.45, 7) is 6.16. The van der Waals surface area contributed by atoms with Crippen molar-refractivity contribution in [2.45, 2.75) is 26.2 Å². The van der Waals surface area contributed by atoms with Gasteiger partial charge in [0.2, 0.25) is 0 Å². The first-order valence-electron chi connectivity index (χ1n) is 4.08. The minimum absolute atomic E-state index is 0.0205. The molecule has 1 heterocycles. The summed E-state index contributed by atoms with van der Waals surface area (Å²) in [7, 11) is 0. The lowest BCUT2D eigenvalue weighted by Gasteiger charge is -2.17. The van der Waals surface area contributed by atoms with Crippen molar-refractivity contribution in [2.24, 2.45) is 5.73 Å². The molecule has 0 aliphatic carbocycles. The Kier molecular flexibility index (Phi) is 2.32. The molecule has 0 aliphatic heterocycles. The molecule has 4 heteroatoms. The van der Waals surface area contributed by atoms with E-state index in [2.05, 4.69) is 30.7 Å². The lowest BCUT2D eigenvalue weighted by molar-refractivity contribution is 0.566. The number of hydrogen-bond donors (Lipinski definition) is 2. The summed E-state index contributed by atoms with van der Waals surface area (Å²) >= 11 is 0. The molecule has 0 bridgehead atoms. The van der Waals surface area contributed by atoms with Crippen molar-refractivity contribution in [3.05, 3.63) is 23.8 Å². The summed E-state index contributed by atoms with van der Waals surface area (Å²) < 4.78 is 0. The molecule has 0 spiro atoms. The van der Waals surface area contributed by atoms with Crippen LogP contribution in [0.25, 0.3) is 0 Å². The van der Waals surface area contributed by atoms with Gasteiger partial charge in [0.15, 0.2) is 0 Å². The van der Waals surface area contributed by atoms with Crippen molar-refractivity contribution in [2.75, 3.05) is 0 Å². The Balaban J connectivity index is 3.13. The van der Waals surface area contributed by atoms with Gasteiger partial charge in [0.1, 0.15) is 17.9 Å². The molecule has 0 saturated heterocycles. The number of nitrogens with two attached hydrogens (primary N) is 1. The molecule has 1 aromatic rings. The molecule has 0 amide bonds. The molecule has 0 aromatic carbocycles. The Hall–Kier alpha value is -1.45. The van der Waals surface area contributed by atoms with Gasteiger partial charge in [-0.3, -0.25) is 5.41 Å². The SMILES string of the molecule is CC(C)(C)c1cc(C(=N)N)ncn1. The fourth-order valence-electron chi connectivity index (χ4n) is 0.915. The van der Waals surface area contributed by atoms with E-state index in [1.54, 1.807) is 6.07 Å². The molecule has 0 atom stereocenters. The molecule has 13 heavy (non-hydrogen) atoms. The van der Waals surface area contributed by atoms with Crippen molar-refractivity contribution >= 4 is 5.84 Å². The number of hydrogen-bond acceptors (Lipinski definition) is 3. The number of nitrogens with one attached hydrogen (secondary N) is 1. The minimum Gasteiger partial charge on any atom is -0.382 e. The third-order valence-electron chi connectivity index (χ3n) is 1.71. The van der Waals surface area contributed by atoms with Crippen LogP contribution in [0.15, 0.2) is 12.4 Å². The third-order valence-corrected chi connectivity index (χ3v) is 1.71. The zero-order valence-electron chi connectivity index (χ0n) is 8.13. The topological polar surface area (TPSA) is 75.7 Å². The minimum atomic E-state index is -0.0346. The van der Waals surface area contributed by atoms with Gasteiger partial charge < -0.3 is 5.73 Å². The van der Waals surface area contributed by atoms with Crippen LogP contribution in [-0.2, 0) is 5.41 Å². The van der Waals surface area contributed by atoms with Crippen LogP contribution in [0.4, 0.5) is 0 Å². The number of aromatic nitrogens is 2. The summed E-state index contributed by atoms with van der Waals surface area (Å²) in [6, 6.07) is 1.75. The zero-order chi connectivity index (χ0) is 10.1. The normalized spacial score (nSPS) is 11.3. The van der Waals surface area contributed by atoms with Crippen LogP contribution >= 0.6 is 0 Å². The third kappa shape index (κ3) is 2.24. The Morgan fingerprint density at radius 1 is 1.38 bits per heavy atom. The first-order valence-corrected chi connectivity index (χ1v) is 4.08. The van der Waals surface area contributed by atoms with Crippen molar-refractivity contribution in [3.8, 4) is 0 Å². The monoisotopic (exact) mass is 178 g/mol. The molecule has 0 radical (unpaired) electrons. The van der Waals surface area contributed by atoms with Gasteiger partial charge in [-0.2, -0.15) is 0 Å². The fourth-order valence-corrected chi connectivity index (χ4v) is 0.915. The Bertz CT molecular complexity index is 325. The molecular formula is C9H14N4. The molecule has 0 unspecified atom stereocenters. The molecule has 0 saturated carbocycles. The average molecular weight is 178 g/mol. The summed E-state index contributed by atoms with van der Waals surface area (Å²) in [6.07, 6.45) is 1.44. The second-order valence-electron chi connectivity index (χ2n) is 3.95. The second kappa shape index (κ2) is 3.12. The highest BCUT2D eigenvalue weighted by Crippen LogP contribution is 2.19. The lowest BCUT2D eigenvalue weighted by Crippen LogP contribution is -2.18. The van der Waals surface area contributed by atoms with Crippen LogP contribution in [0.5, 0.6) is 0 Å². The molecule has 1 rings (SSSR count). The van der Waals surface area contributed by atoms with Crippen molar-refractivity contribution in [3.63, 3.8) is 0 Å². The van der Waals surface area contributed by atoms with E-state index in [1.165, 1.54) is 6.33 Å². The fraction of sp³-hybridized carbons (Fsp3) is 0.444. The smallest absolute Gasteiger partial charge is 0.141 e. The second-order valence-corrected chi connectivity index (χ2v) is 3.95. The van der Waals surface area contributed by atoms with Crippen molar-refractivity contribution in [1.82, 2.24) is 9.97 Å². The number of rotatable bonds is 1. The van der Waals surface area contributed by atoms with Crippen LogP contribution in [0.1, 0.15) is 32.2 Å². The molecule has 0 fully saturated rings. The van der Waals surface area contributed by atoms with Crippen LogP contribution in [-0.4, -0.2) is 15.8 Å². The van der Waals surface area contributed by atoms with E-state index in [4.69, 9.17) is 11.1 Å². The number of nitrogen functional groups attached to an aromatic ring is 1. The molecule has 0 aliphatic rings. The van der Waals surface area contributed by atoms with Gasteiger partial charge in [-0.25, -0.2) is 9.97 Å². The summed E-state index contributed by atoms with van der Waals surface area (Å²) in [5.74, 6) is -0.0205. The standard InChI is InChI=1S/C9H14N4/c1-9(2,3)7-4-6(8(10)11)12-5-13-7/h4-5H,1-3H3,(H3,10,11). The molecule has 70 valence electrons. The largest absolute Gasteiger partial charge is 0.382 e. The Labute approximate surface area is 77.7 Å². The van der Waals surface area contributed by atoms with Gasteiger partial charge in [0.05, 0.1) is 0 Å². The van der Waals surface area contributed by atoms with Crippen LogP contribution in [0.3, 0.4) is 0 Å². The summed E-state index contributed by atoms with van der Waals surface area (Å²) in [5, 5.41) is 7.22. The maximum absolute atomic E-state index is 7.22. The number of nitrogens with zero attached hydrogens (tertiary/aromatic N) is 2. The van der Waals surface area contributed by atoms with Gasteiger partial charge in [-0.15, -0.1) is 0 Å². The van der Waals surface area contributed by atoms with E-state index in [0.717, 1.165) is 5.69 Å². The highest BCUT2D eigenvalue weighted by atomic mass is 14.9. The average Bonchev–Trinajstić information content (AvgIpc) is 2.03. The van der Waals surface area contributed by atoms with Crippen LogP contribution in [0.2, 0.25) is 0 Å². The first-order chi connectivity index (χ1) is 5.91. The van der Waals surface area contributed by atoms with Crippen molar-refractivity contribution < 1.29 is 0 Å². The van der Waals surface area contributed by atoms with Gasteiger partial charge >= 0.3 is 0 Å². The van der Waals surface area contributed by atoms with E-state index in [-0.39, 0.29) is 11.3 Å². The maximum Gasteiger partial charge on any atom is 0.141 e. The van der Waals surface area contributed by atoms with E-state index >= 15 is 0 Å². The quantitative estimate of drug-likeness (QED) is 0.498. The van der Waals surface area contributed by atoms with E-state index in [9.17, 15) is 0 Å². The lowest BCUT2D eigenvalue weighted by atomic mass is 9.91. The number of amidine groups is 1. The predicted molar refractivity (Wildman–Crippen MR) is 51.7 cm³/mol. The van der Waals surface area contributed by atoms with E-state index in [1.807, 2.05) is 0 Å². The van der Waals surface area contributed by atoms with Gasteiger partial charge in [0, 0.05) is 11.1 Å².